The monoisotopic (exact) mass is 309 g/mol. The lowest BCUT2D eigenvalue weighted by Crippen LogP contribution is -2.37. The number of nitrogens with one attached hydrogen (secondary N) is 1. The summed E-state index contributed by atoms with van der Waals surface area (Å²) in [6.07, 6.45) is -4.49. The lowest BCUT2D eigenvalue weighted by molar-refractivity contribution is -0.139. The van der Waals surface area contributed by atoms with Crippen LogP contribution in [0.15, 0.2) is 29.2 Å². The molecule has 20 heavy (non-hydrogen) atoms. The molecule has 0 aliphatic carbocycles. The van der Waals surface area contributed by atoms with Crippen LogP contribution >= 0.6 is 0 Å². The molecule has 0 saturated carbocycles. The van der Waals surface area contributed by atoms with Crippen LogP contribution in [0.2, 0.25) is 0 Å². The summed E-state index contributed by atoms with van der Waals surface area (Å²) in [6.45, 7) is 0.0780. The van der Waals surface area contributed by atoms with Crippen LogP contribution in [0.4, 0.5) is 13.2 Å². The zero-order valence-electron chi connectivity index (χ0n) is 9.98. The van der Waals surface area contributed by atoms with Gasteiger partial charge in [-0.25, -0.2) is 8.42 Å². The van der Waals surface area contributed by atoms with Crippen molar-refractivity contribution >= 4 is 16.0 Å². The fourth-order valence-corrected chi connectivity index (χ4v) is 2.96. The van der Waals surface area contributed by atoms with E-state index in [0.29, 0.717) is 6.07 Å². The maximum Gasteiger partial charge on any atom is 0.416 e. The molecule has 1 heterocycles. The smallest absolute Gasteiger partial charge is 0.416 e. The first-order chi connectivity index (χ1) is 9.20. The molecular weight excluding hydrogens is 299 g/mol. The Hall–Kier alpha value is -1.61. The first-order valence-electron chi connectivity index (χ1n) is 5.56. The van der Waals surface area contributed by atoms with Gasteiger partial charge in [-0.2, -0.15) is 17.9 Å². The molecule has 2 rings (SSSR count). The van der Waals surface area contributed by atoms with Gasteiger partial charge in [-0.15, -0.1) is 0 Å². The van der Waals surface area contributed by atoms with E-state index in [-0.39, 0.29) is 13.0 Å². The van der Waals surface area contributed by atoms with E-state index in [1.165, 1.54) is 0 Å². The molecule has 0 amide bonds. The van der Waals surface area contributed by atoms with Crippen LogP contribution in [0.25, 0.3) is 0 Å². The van der Waals surface area contributed by atoms with Crippen LogP contribution in [0, 0.1) is 0 Å². The van der Waals surface area contributed by atoms with Crippen LogP contribution in [-0.4, -0.2) is 27.0 Å². The molecule has 1 N–H and O–H groups in total. The van der Waals surface area contributed by atoms with E-state index >= 15 is 0 Å². The molecule has 0 bridgehead atoms. The summed E-state index contributed by atoms with van der Waals surface area (Å²) in [4.78, 5) is 10.6. The third-order valence-electron chi connectivity index (χ3n) is 2.70. The van der Waals surface area contributed by atoms with Gasteiger partial charge in [-0.3, -0.25) is 4.79 Å². The number of halogens is 3. The minimum absolute atomic E-state index is 0.0780. The Labute approximate surface area is 112 Å². The van der Waals surface area contributed by atoms with Gasteiger partial charge in [-0.05, 0) is 18.2 Å². The Morgan fingerprint density at radius 2 is 2.00 bits per heavy atom. The van der Waals surface area contributed by atoms with E-state index in [2.05, 4.69) is 4.74 Å². The number of hydrogen-bond acceptors (Lipinski definition) is 4. The predicted octanol–water partition coefficient (Wildman–Crippen LogP) is 1.30. The van der Waals surface area contributed by atoms with Crippen molar-refractivity contribution in [1.82, 2.24) is 4.72 Å². The highest BCUT2D eigenvalue weighted by Crippen LogP contribution is 2.30. The highest BCUT2D eigenvalue weighted by molar-refractivity contribution is 7.89. The van der Waals surface area contributed by atoms with Crippen molar-refractivity contribution < 1.29 is 31.1 Å². The molecule has 0 aromatic heterocycles. The van der Waals surface area contributed by atoms with Gasteiger partial charge in [0.1, 0.15) is 6.04 Å². The first-order valence-corrected chi connectivity index (χ1v) is 7.05. The molecular formula is C11H10F3NO4S. The summed E-state index contributed by atoms with van der Waals surface area (Å²) in [5, 5.41) is 0. The fraction of sp³-hybridized carbons (Fsp3) is 0.364. The molecule has 110 valence electrons. The number of sulfonamides is 1. The second kappa shape index (κ2) is 5.06. The Balaban J connectivity index is 2.28. The number of hydrogen-bond donors (Lipinski definition) is 1. The van der Waals surface area contributed by atoms with Crippen molar-refractivity contribution in [2.24, 2.45) is 0 Å². The Bertz CT molecular complexity index is 627. The molecule has 1 aromatic rings. The molecule has 9 heteroatoms. The molecule has 1 aliphatic heterocycles. The van der Waals surface area contributed by atoms with E-state index in [1.807, 2.05) is 4.72 Å². The fourth-order valence-electron chi connectivity index (χ4n) is 1.70. The van der Waals surface area contributed by atoms with Crippen molar-refractivity contribution in [3.8, 4) is 0 Å². The van der Waals surface area contributed by atoms with Crippen LogP contribution in [0.1, 0.15) is 12.0 Å². The summed E-state index contributed by atoms with van der Waals surface area (Å²) in [6, 6.07) is 2.24. The lowest BCUT2D eigenvalue weighted by Gasteiger charge is -2.12. The quantitative estimate of drug-likeness (QED) is 0.854. The van der Waals surface area contributed by atoms with Gasteiger partial charge in [0.2, 0.25) is 10.0 Å². The number of ether oxygens (including phenoxy) is 1. The summed E-state index contributed by atoms with van der Waals surface area (Å²) in [5.74, 6) is -0.736. The van der Waals surface area contributed by atoms with Gasteiger partial charge < -0.3 is 4.74 Å². The number of carbonyl (C=O) groups excluding carboxylic acids is 1. The topological polar surface area (TPSA) is 72.5 Å². The summed E-state index contributed by atoms with van der Waals surface area (Å²) in [5.41, 5.74) is -1.07. The zero-order valence-corrected chi connectivity index (χ0v) is 10.8. The van der Waals surface area contributed by atoms with E-state index in [1.54, 1.807) is 0 Å². The maximum atomic E-state index is 12.5. The van der Waals surface area contributed by atoms with E-state index < -0.39 is 38.7 Å². The van der Waals surface area contributed by atoms with E-state index in [4.69, 9.17) is 0 Å². The number of carbonyl (C=O) groups is 1. The second-order valence-corrected chi connectivity index (χ2v) is 5.87. The molecule has 1 atom stereocenters. The van der Waals surface area contributed by atoms with Crippen LogP contribution in [-0.2, 0) is 25.7 Å². The predicted molar refractivity (Wildman–Crippen MR) is 61.1 cm³/mol. The SMILES string of the molecule is O=C1OCCC1NS(=O)(=O)c1cccc(C(F)(F)F)c1. The molecule has 0 radical (unpaired) electrons. The number of benzene rings is 1. The van der Waals surface area contributed by atoms with E-state index in [9.17, 15) is 26.4 Å². The molecule has 0 spiro atoms. The zero-order chi connectivity index (χ0) is 15.0. The first kappa shape index (κ1) is 14.8. The molecule has 1 fully saturated rings. The normalized spacial score (nSPS) is 19.9. The second-order valence-electron chi connectivity index (χ2n) is 4.16. The Morgan fingerprint density at radius 3 is 2.55 bits per heavy atom. The van der Waals surface area contributed by atoms with Gasteiger partial charge >= 0.3 is 12.1 Å². The van der Waals surface area contributed by atoms with Gasteiger partial charge in [0.05, 0.1) is 17.1 Å². The van der Waals surface area contributed by atoms with Crippen LogP contribution in [0.5, 0.6) is 0 Å². The number of esters is 1. The van der Waals surface area contributed by atoms with Crippen LogP contribution < -0.4 is 4.72 Å². The summed E-state index contributed by atoms with van der Waals surface area (Å²) in [7, 11) is -4.21. The van der Waals surface area contributed by atoms with Crippen LogP contribution in [0.3, 0.4) is 0 Å². The highest BCUT2D eigenvalue weighted by Gasteiger charge is 2.34. The van der Waals surface area contributed by atoms with Crippen molar-refractivity contribution in [3.05, 3.63) is 29.8 Å². The standard InChI is InChI=1S/C11H10F3NO4S/c12-11(13,14)7-2-1-3-8(6-7)20(17,18)15-9-4-5-19-10(9)16/h1-3,6,9,15H,4-5H2. The largest absolute Gasteiger partial charge is 0.464 e. The average molecular weight is 309 g/mol. The maximum absolute atomic E-state index is 12.5. The number of alkyl halides is 3. The molecule has 1 unspecified atom stereocenters. The lowest BCUT2D eigenvalue weighted by atomic mass is 10.2. The Kier molecular flexibility index (Phi) is 3.74. The van der Waals surface area contributed by atoms with Gasteiger partial charge in [-0.1, -0.05) is 6.07 Å². The van der Waals surface area contributed by atoms with Gasteiger partial charge in [0, 0.05) is 6.42 Å². The minimum atomic E-state index is -4.64. The van der Waals surface area contributed by atoms with Gasteiger partial charge in [0.25, 0.3) is 0 Å². The minimum Gasteiger partial charge on any atom is -0.464 e. The highest BCUT2D eigenvalue weighted by atomic mass is 32.2. The molecule has 1 saturated heterocycles. The summed E-state index contributed by atoms with van der Waals surface area (Å²) >= 11 is 0. The number of rotatable bonds is 3. The van der Waals surface area contributed by atoms with Crippen molar-refractivity contribution in [2.75, 3.05) is 6.61 Å². The summed E-state index contributed by atoms with van der Waals surface area (Å²) < 4.78 is 68.1. The Morgan fingerprint density at radius 1 is 1.30 bits per heavy atom. The molecule has 1 aliphatic rings. The van der Waals surface area contributed by atoms with E-state index in [0.717, 1.165) is 18.2 Å². The third-order valence-corrected chi connectivity index (χ3v) is 4.17. The third kappa shape index (κ3) is 3.10. The van der Waals surface area contributed by atoms with Gasteiger partial charge in [0.15, 0.2) is 0 Å². The van der Waals surface area contributed by atoms with Crippen molar-refractivity contribution in [2.45, 2.75) is 23.5 Å². The molecule has 1 aromatic carbocycles. The van der Waals surface area contributed by atoms with Crippen molar-refractivity contribution in [1.29, 1.82) is 0 Å². The average Bonchev–Trinajstić information content (AvgIpc) is 2.73. The number of cyclic esters (lactones) is 1. The van der Waals surface area contributed by atoms with Crippen molar-refractivity contribution in [3.63, 3.8) is 0 Å². The molecule has 5 nitrogen and oxygen atoms in total.